The molecule has 0 saturated carbocycles. The summed E-state index contributed by atoms with van der Waals surface area (Å²) in [6, 6.07) is 23.9. The minimum atomic E-state index is -3.43. The number of amides is 2. The normalized spacial score (nSPS) is 15.9. The van der Waals surface area contributed by atoms with Crippen LogP contribution in [-0.2, 0) is 27.8 Å². The van der Waals surface area contributed by atoms with Gasteiger partial charge in [-0.05, 0) is 47.9 Å². The van der Waals surface area contributed by atoms with E-state index in [4.69, 9.17) is 4.74 Å². The Bertz CT molecular complexity index is 1620. The smallest absolute Gasteiger partial charge is 0.270 e. The van der Waals surface area contributed by atoms with Gasteiger partial charge in [0.25, 0.3) is 5.91 Å². The predicted molar refractivity (Wildman–Crippen MR) is 150 cm³/mol. The molecule has 1 aliphatic heterocycles. The van der Waals surface area contributed by atoms with E-state index >= 15 is 0 Å². The number of methoxy groups -OCH3 is 1. The molecule has 3 aromatic carbocycles. The molecule has 202 valence electrons. The molecule has 0 radical (unpaired) electrons. The van der Waals surface area contributed by atoms with Gasteiger partial charge in [-0.25, -0.2) is 8.42 Å². The fourth-order valence-corrected chi connectivity index (χ4v) is 5.60. The van der Waals surface area contributed by atoms with Crippen molar-refractivity contribution < 1.29 is 22.7 Å². The van der Waals surface area contributed by atoms with Crippen molar-refractivity contribution in [1.82, 2.24) is 14.8 Å². The molecule has 1 atom stereocenters. The number of ether oxygens (including phenoxy) is 1. The van der Waals surface area contributed by atoms with E-state index < -0.39 is 10.0 Å². The first kappa shape index (κ1) is 26.3. The van der Waals surface area contributed by atoms with Crippen molar-refractivity contribution >= 4 is 38.4 Å². The van der Waals surface area contributed by atoms with Gasteiger partial charge in [-0.1, -0.05) is 48.5 Å². The number of fused-ring (bicyclic) bond motifs is 1. The summed E-state index contributed by atoms with van der Waals surface area (Å²) in [6.45, 7) is 0.590. The highest BCUT2D eigenvalue weighted by atomic mass is 32.2. The van der Waals surface area contributed by atoms with E-state index in [2.05, 4.69) is 9.71 Å². The van der Waals surface area contributed by atoms with Crippen molar-refractivity contribution in [2.24, 2.45) is 0 Å². The largest absolute Gasteiger partial charge is 0.496 e. The van der Waals surface area contributed by atoms with Gasteiger partial charge in [0, 0.05) is 29.7 Å². The number of piperazine rings is 1. The first-order chi connectivity index (χ1) is 18.7. The van der Waals surface area contributed by atoms with Crippen LogP contribution in [0.4, 0.5) is 5.69 Å². The molecule has 1 aromatic heterocycles. The highest BCUT2D eigenvalue weighted by molar-refractivity contribution is 7.92. The number of carbonyl (C=O) groups excluding carboxylic acids is 2. The Hall–Kier alpha value is -4.31. The lowest BCUT2D eigenvalue weighted by Gasteiger charge is -2.41. The van der Waals surface area contributed by atoms with Crippen LogP contribution < -0.4 is 9.46 Å². The van der Waals surface area contributed by atoms with Crippen molar-refractivity contribution in [3.8, 4) is 5.75 Å². The van der Waals surface area contributed by atoms with Crippen LogP contribution in [-0.4, -0.2) is 67.5 Å². The molecular formula is C29H30N4O5S. The molecule has 10 heteroatoms. The lowest BCUT2D eigenvalue weighted by Crippen LogP contribution is -2.58. The number of benzene rings is 3. The lowest BCUT2D eigenvalue weighted by atomic mass is 10.0. The van der Waals surface area contributed by atoms with E-state index in [0.29, 0.717) is 36.6 Å². The van der Waals surface area contributed by atoms with Crippen LogP contribution in [0.25, 0.3) is 10.9 Å². The Morgan fingerprint density at radius 3 is 2.51 bits per heavy atom. The quantitative estimate of drug-likeness (QED) is 0.351. The van der Waals surface area contributed by atoms with Gasteiger partial charge in [0.1, 0.15) is 18.0 Å². The maximum absolute atomic E-state index is 13.6. The fraction of sp³-hybridized carbons (Fsp3) is 0.241. The van der Waals surface area contributed by atoms with E-state index in [9.17, 15) is 18.0 Å². The third-order valence-corrected chi connectivity index (χ3v) is 7.38. The van der Waals surface area contributed by atoms with Crippen molar-refractivity contribution in [3.05, 3.63) is 95.7 Å². The van der Waals surface area contributed by atoms with E-state index in [1.165, 1.54) is 0 Å². The first-order valence-corrected chi connectivity index (χ1v) is 14.4. The number of nitrogens with zero attached hydrogens (tertiary/aromatic N) is 2. The topological polar surface area (TPSA) is 112 Å². The Labute approximate surface area is 227 Å². The van der Waals surface area contributed by atoms with Gasteiger partial charge < -0.3 is 19.5 Å². The zero-order valence-corrected chi connectivity index (χ0v) is 22.6. The Morgan fingerprint density at radius 1 is 1.03 bits per heavy atom. The number of anilines is 1. The Morgan fingerprint density at radius 2 is 1.77 bits per heavy atom. The maximum atomic E-state index is 13.6. The van der Waals surface area contributed by atoms with Crippen molar-refractivity contribution in [2.45, 2.75) is 19.0 Å². The van der Waals surface area contributed by atoms with Gasteiger partial charge in [-0.15, -0.1) is 0 Å². The third-order valence-electron chi connectivity index (χ3n) is 6.78. The molecule has 39 heavy (non-hydrogen) atoms. The second-order valence-corrected chi connectivity index (χ2v) is 11.5. The minimum Gasteiger partial charge on any atom is -0.496 e. The van der Waals surface area contributed by atoms with Crippen LogP contribution in [0, 0.1) is 0 Å². The number of sulfonamides is 1. The second-order valence-electron chi connectivity index (χ2n) is 9.73. The zero-order chi connectivity index (χ0) is 27.6. The SMILES string of the molecule is COc1cccc2[nH]c(C(=O)N3CC(=O)N(Cc4cccc(NS(C)(=O)=O)c4)[C@@H](Cc4ccccc4)C3)cc12. The van der Waals surface area contributed by atoms with E-state index in [0.717, 1.165) is 28.3 Å². The molecule has 1 fully saturated rings. The van der Waals surface area contributed by atoms with Crippen LogP contribution in [0.3, 0.4) is 0 Å². The number of hydrogen-bond acceptors (Lipinski definition) is 5. The van der Waals surface area contributed by atoms with Gasteiger partial charge in [0.2, 0.25) is 15.9 Å². The van der Waals surface area contributed by atoms with Crippen LogP contribution in [0.1, 0.15) is 21.6 Å². The number of H-pyrrole nitrogens is 1. The minimum absolute atomic E-state index is 0.0576. The van der Waals surface area contributed by atoms with E-state index in [-0.39, 0.29) is 24.4 Å². The van der Waals surface area contributed by atoms with Crippen molar-refractivity contribution in [1.29, 1.82) is 0 Å². The summed E-state index contributed by atoms with van der Waals surface area (Å²) >= 11 is 0. The molecule has 0 spiro atoms. The van der Waals surface area contributed by atoms with Gasteiger partial charge in [0.15, 0.2) is 0 Å². The molecule has 5 rings (SSSR count). The molecule has 9 nitrogen and oxygen atoms in total. The second kappa shape index (κ2) is 10.8. The van der Waals surface area contributed by atoms with Gasteiger partial charge in [-0.3, -0.25) is 14.3 Å². The highest BCUT2D eigenvalue weighted by Gasteiger charge is 2.35. The highest BCUT2D eigenvalue weighted by Crippen LogP contribution is 2.28. The molecule has 2 amide bonds. The summed E-state index contributed by atoms with van der Waals surface area (Å²) < 4.78 is 31.3. The summed E-state index contributed by atoms with van der Waals surface area (Å²) in [5, 5.41) is 0.803. The lowest BCUT2D eigenvalue weighted by molar-refractivity contribution is -0.139. The number of aromatic nitrogens is 1. The van der Waals surface area contributed by atoms with Crippen LogP contribution in [0.5, 0.6) is 5.75 Å². The van der Waals surface area contributed by atoms with E-state index in [1.807, 2.05) is 54.6 Å². The molecular weight excluding hydrogens is 516 g/mol. The maximum Gasteiger partial charge on any atom is 0.270 e. The fourth-order valence-electron chi connectivity index (χ4n) is 5.04. The van der Waals surface area contributed by atoms with Crippen LogP contribution in [0.2, 0.25) is 0 Å². The summed E-state index contributed by atoms with van der Waals surface area (Å²) in [7, 11) is -1.85. The Kier molecular flexibility index (Phi) is 7.30. The molecule has 4 aromatic rings. The summed E-state index contributed by atoms with van der Waals surface area (Å²) in [4.78, 5) is 33.6. The molecule has 0 bridgehead atoms. The van der Waals surface area contributed by atoms with E-state index in [1.54, 1.807) is 41.2 Å². The van der Waals surface area contributed by atoms with Crippen molar-refractivity contribution in [2.75, 3.05) is 31.2 Å². The summed E-state index contributed by atoms with van der Waals surface area (Å²) in [5.74, 6) is 0.239. The standard InChI is InChI=1S/C29H30N4O5S/c1-38-27-13-7-12-25-24(27)16-26(30-25)29(35)32-18-23(15-20-8-4-3-5-9-20)33(28(34)19-32)17-21-10-6-11-22(14-21)31-39(2,36)37/h3-14,16,23,30-31H,15,17-19H2,1-2H3/t23-/m0/s1. The number of carbonyl (C=O) groups is 2. The Balaban J connectivity index is 1.41. The predicted octanol–water partition coefficient (Wildman–Crippen LogP) is 3.64. The average Bonchev–Trinajstić information content (AvgIpc) is 3.34. The molecule has 1 aliphatic rings. The zero-order valence-electron chi connectivity index (χ0n) is 21.8. The monoisotopic (exact) mass is 546 g/mol. The summed E-state index contributed by atoms with van der Waals surface area (Å²) in [5.41, 5.74) is 3.46. The molecule has 2 N–H and O–H groups in total. The molecule has 1 saturated heterocycles. The van der Waals surface area contributed by atoms with Crippen LogP contribution >= 0.6 is 0 Å². The summed E-state index contributed by atoms with van der Waals surface area (Å²) in [6.07, 6.45) is 1.66. The van der Waals surface area contributed by atoms with Gasteiger partial charge in [0.05, 0.1) is 19.4 Å². The van der Waals surface area contributed by atoms with Gasteiger partial charge in [-0.2, -0.15) is 0 Å². The molecule has 2 heterocycles. The number of hydrogen-bond donors (Lipinski definition) is 2. The average molecular weight is 547 g/mol. The number of nitrogens with one attached hydrogen (secondary N) is 2. The van der Waals surface area contributed by atoms with Gasteiger partial charge >= 0.3 is 0 Å². The number of aromatic amines is 1. The molecule has 0 unspecified atom stereocenters. The third kappa shape index (κ3) is 6.06. The molecule has 0 aliphatic carbocycles. The van der Waals surface area contributed by atoms with Crippen molar-refractivity contribution in [3.63, 3.8) is 0 Å². The first-order valence-electron chi connectivity index (χ1n) is 12.6. The number of rotatable bonds is 8. The van der Waals surface area contributed by atoms with Crippen LogP contribution in [0.15, 0.2) is 78.9 Å².